The molecule has 3 unspecified atom stereocenters. The fourth-order valence-corrected chi connectivity index (χ4v) is 1.59. The summed E-state index contributed by atoms with van der Waals surface area (Å²) in [6.45, 7) is 2.06. The average Bonchev–Trinajstić information content (AvgIpc) is 2.59. The van der Waals surface area contributed by atoms with Crippen LogP contribution in [-0.4, -0.2) is 56.0 Å². The van der Waals surface area contributed by atoms with E-state index in [1.165, 1.54) is 7.11 Å². The fourth-order valence-electron chi connectivity index (χ4n) is 1.59. The molecule has 0 radical (unpaired) electrons. The van der Waals surface area contributed by atoms with Crippen LogP contribution in [0.2, 0.25) is 0 Å². The molecule has 0 spiro atoms. The number of hydrogen-bond donors (Lipinski definition) is 3. The molecule has 0 saturated carbocycles. The van der Waals surface area contributed by atoms with Crippen LogP contribution >= 0.6 is 0 Å². The molecule has 7 heteroatoms. The standard InChI is InChI=1S/C10H18N2O5/c1-10(5-17-4-7(10)11)9(15)12-6(3-16-2)8(13)14/h6-7H,3-5,11H2,1-2H3,(H,12,15)(H,13,14). The number of rotatable bonds is 5. The third-order valence-electron chi connectivity index (χ3n) is 2.97. The molecule has 98 valence electrons. The molecule has 0 bridgehead atoms. The summed E-state index contributed by atoms with van der Waals surface area (Å²) in [4.78, 5) is 22.8. The predicted molar refractivity (Wildman–Crippen MR) is 58.3 cm³/mol. The second-order valence-corrected chi connectivity index (χ2v) is 4.36. The molecule has 1 rings (SSSR count). The number of methoxy groups -OCH3 is 1. The van der Waals surface area contributed by atoms with Gasteiger partial charge in [-0.25, -0.2) is 4.79 Å². The maximum Gasteiger partial charge on any atom is 0.328 e. The van der Waals surface area contributed by atoms with Crippen molar-refractivity contribution in [1.82, 2.24) is 5.32 Å². The first-order chi connectivity index (χ1) is 7.91. The third kappa shape index (κ3) is 2.93. The number of carbonyl (C=O) groups excluding carboxylic acids is 1. The normalized spacial score (nSPS) is 29.9. The lowest BCUT2D eigenvalue weighted by molar-refractivity contribution is -0.145. The molecule has 1 amide bonds. The van der Waals surface area contributed by atoms with E-state index < -0.39 is 29.4 Å². The number of carbonyl (C=O) groups is 2. The Kier molecular flexibility index (Phi) is 4.44. The molecule has 1 saturated heterocycles. The first-order valence-corrected chi connectivity index (χ1v) is 5.28. The van der Waals surface area contributed by atoms with Crippen molar-refractivity contribution in [2.45, 2.75) is 19.0 Å². The number of carboxylic acids is 1. The van der Waals surface area contributed by atoms with E-state index in [-0.39, 0.29) is 13.2 Å². The highest BCUT2D eigenvalue weighted by molar-refractivity contribution is 5.88. The van der Waals surface area contributed by atoms with E-state index in [9.17, 15) is 9.59 Å². The molecule has 0 aromatic rings. The number of carboxylic acid groups (broad SMARTS) is 1. The van der Waals surface area contributed by atoms with Crippen LogP contribution in [0.1, 0.15) is 6.92 Å². The minimum Gasteiger partial charge on any atom is -0.480 e. The van der Waals surface area contributed by atoms with Crippen molar-refractivity contribution in [2.24, 2.45) is 11.1 Å². The van der Waals surface area contributed by atoms with E-state index in [2.05, 4.69) is 5.32 Å². The van der Waals surface area contributed by atoms with Crippen LogP contribution in [0.5, 0.6) is 0 Å². The van der Waals surface area contributed by atoms with Crippen LogP contribution < -0.4 is 11.1 Å². The largest absolute Gasteiger partial charge is 0.480 e. The van der Waals surface area contributed by atoms with E-state index in [1.54, 1.807) is 6.92 Å². The highest BCUT2D eigenvalue weighted by Gasteiger charge is 2.45. The number of ether oxygens (including phenoxy) is 2. The Balaban J connectivity index is 2.66. The van der Waals surface area contributed by atoms with Gasteiger partial charge in [-0.15, -0.1) is 0 Å². The Bertz CT molecular complexity index is 309. The number of amides is 1. The zero-order valence-corrected chi connectivity index (χ0v) is 9.93. The van der Waals surface area contributed by atoms with Gasteiger partial charge in [-0.1, -0.05) is 0 Å². The Hall–Kier alpha value is -1.18. The van der Waals surface area contributed by atoms with E-state index in [0.717, 1.165) is 0 Å². The van der Waals surface area contributed by atoms with E-state index in [0.29, 0.717) is 6.61 Å². The maximum atomic E-state index is 12.0. The molecular formula is C10H18N2O5. The van der Waals surface area contributed by atoms with Gasteiger partial charge in [0.25, 0.3) is 0 Å². The van der Waals surface area contributed by atoms with Crippen LogP contribution in [0, 0.1) is 5.41 Å². The summed E-state index contributed by atoms with van der Waals surface area (Å²) >= 11 is 0. The monoisotopic (exact) mass is 246 g/mol. The summed E-state index contributed by atoms with van der Waals surface area (Å²) in [6.07, 6.45) is 0. The van der Waals surface area contributed by atoms with Gasteiger partial charge in [0.2, 0.25) is 5.91 Å². The van der Waals surface area contributed by atoms with E-state index >= 15 is 0 Å². The Labute approximate surface area is 99.3 Å². The van der Waals surface area contributed by atoms with Gasteiger partial charge in [0.15, 0.2) is 6.04 Å². The second kappa shape index (κ2) is 5.44. The van der Waals surface area contributed by atoms with Gasteiger partial charge >= 0.3 is 5.97 Å². The molecule has 17 heavy (non-hydrogen) atoms. The molecule has 1 aliphatic rings. The van der Waals surface area contributed by atoms with Crippen LogP contribution in [0.3, 0.4) is 0 Å². The SMILES string of the molecule is COCC(NC(=O)C1(C)COCC1N)C(=O)O. The summed E-state index contributed by atoms with van der Waals surface area (Å²) < 4.78 is 9.86. The quantitative estimate of drug-likeness (QED) is 0.548. The average molecular weight is 246 g/mol. The minimum absolute atomic E-state index is 0.0900. The van der Waals surface area contributed by atoms with Crippen LogP contribution in [-0.2, 0) is 19.1 Å². The van der Waals surface area contributed by atoms with E-state index in [4.69, 9.17) is 20.3 Å². The van der Waals surface area contributed by atoms with Crippen molar-refractivity contribution in [3.63, 3.8) is 0 Å². The van der Waals surface area contributed by atoms with Crippen molar-refractivity contribution in [3.05, 3.63) is 0 Å². The number of nitrogens with one attached hydrogen (secondary N) is 1. The third-order valence-corrected chi connectivity index (χ3v) is 2.97. The summed E-state index contributed by atoms with van der Waals surface area (Å²) in [5.41, 5.74) is 4.89. The Morgan fingerprint density at radius 3 is 2.76 bits per heavy atom. The fraction of sp³-hybridized carbons (Fsp3) is 0.800. The Morgan fingerprint density at radius 1 is 1.71 bits per heavy atom. The first-order valence-electron chi connectivity index (χ1n) is 5.28. The molecule has 0 aliphatic carbocycles. The number of aliphatic carboxylic acids is 1. The predicted octanol–water partition coefficient (Wildman–Crippen LogP) is -1.43. The van der Waals surface area contributed by atoms with Gasteiger partial charge in [0, 0.05) is 13.2 Å². The molecule has 3 atom stereocenters. The minimum atomic E-state index is -1.14. The molecule has 1 heterocycles. The molecule has 7 nitrogen and oxygen atoms in total. The zero-order chi connectivity index (χ0) is 13.1. The number of nitrogens with two attached hydrogens (primary N) is 1. The van der Waals surface area contributed by atoms with Gasteiger partial charge < -0.3 is 25.6 Å². The molecule has 0 aromatic heterocycles. The van der Waals surface area contributed by atoms with Crippen molar-refractivity contribution in [1.29, 1.82) is 0 Å². The summed E-state index contributed by atoms with van der Waals surface area (Å²) in [7, 11) is 1.37. The van der Waals surface area contributed by atoms with Crippen molar-refractivity contribution < 1.29 is 24.2 Å². The van der Waals surface area contributed by atoms with Crippen LogP contribution in [0.4, 0.5) is 0 Å². The van der Waals surface area contributed by atoms with Crippen molar-refractivity contribution in [3.8, 4) is 0 Å². The number of hydrogen-bond acceptors (Lipinski definition) is 5. The van der Waals surface area contributed by atoms with Crippen molar-refractivity contribution >= 4 is 11.9 Å². The molecule has 1 aliphatic heterocycles. The Morgan fingerprint density at radius 2 is 2.35 bits per heavy atom. The lowest BCUT2D eigenvalue weighted by atomic mass is 9.84. The molecule has 0 aromatic carbocycles. The zero-order valence-electron chi connectivity index (χ0n) is 9.93. The topological polar surface area (TPSA) is 111 Å². The van der Waals surface area contributed by atoms with Gasteiger partial charge in [-0.2, -0.15) is 0 Å². The van der Waals surface area contributed by atoms with Crippen LogP contribution in [0.15, 0.2) is 0 Å². The van der Waals surface area contributed by atoms with Gasteiger partial charge in [-0.3, -0.25) is 4.79 Å². The van der Waals surface area contributed by atoms with Crippen molar-refractivity contribution in [2.75, 3.05) is 26.9 Å². The summed E-state index contributed by atoms with van der Waals surface area (Å²) in [6, 6.07) is -1.50. The van der Waals surface area contributed by atoms with E-state index in [1.807, 2.05) is 0 Å². The lowest BCUT2D eigenvalue weighted by Gasteiger charge is -2.27. The molecule has 1 fully saturated rings. The van der Waals surface area contributed by atoms with Crippen LogP contribution in [0.25, 0.3) is 0 Å². The highest BCUT2D eigenvalue weighted by Crippen LogP contribution is 2.27. The second-order valence-electron chi connectivity index (χ2n) is 4.36. The molecule has 4 N–H and O–H groups in total. The lowest BCUT2D eigenvalue weighted by Crippen LogP contribution is -2.55. The van der Waals surface area contributed by atoms with Gasteiger partial charge in [0.1, 0.15) is 0 Å². The first kappa shape index (κ1) is 13.9. The highest BCUT2D eigenvalue weighted by atomic mass is 16.5. The smallest absolute Gasteiger partial charge is 0.328 e. The van der Waals surface area contributed by atoms with Gasteiger partial charge in [-0.05, 0) is 6.92 Å². The van der Waals surface area contributed by atoms with Gasteiger partial charge in [0.05, 0.1) is 25.2 Å². The maximum absolute atomic E-state index is 12.0. The molecular weight excluding hydrogens is 228 g/mol. The summed E-state index contributed by atoms with van der Waals surface area (Å²) in [5.74, 6) is -1.57. The summed E-state index contributed by atoms with van der Waals surface area (Å²) in [5, 5.41) is 11.3.